The summed E-state index contributed by atoms with van der Waals surface area (Å²) in [5.74, 6) is 0.722. The van der Waals surface area contributed by atoms with Crippen molar-refractivity contribution in [2.45, 2.75) is 56.5 Å². The van der Waals surface area contributed by atoms with Gasteiger partial charge in [-0.2, -0.15) is 0 Å². The molecule has 0 aromatic rings. The van der Waals surface area contributed by atoms with E-state index >= 15 is 0 Å². The molecule has 1 N–H and O–H groups in total. The van der Waals surface area contributed by atoms with Crippen LogP contribution >= 0.6 is 0 Å². The van der Waals surface area contributed by atoms with E-state index < -0.39 is 6.10 Å². The Labute approximate surface area is 156 Å². The number of aliphatic hydroxyl groups excluding tert-OH is 1. The number of carbonyl (C=O) groups excluding carboxylic acids is 1. The van der Waals surface area contributed by atoms with E-state index in [2.05, 4.69) is 4.90 Å². The first-order valence-corrected chi connectivity index (χ1v) is 9.96. The Hall–Kier alpha value is -0.730. The van der Waals surface area contributed by atoms with Gasteiger partial charge in [0.15, 0.2) is 0 Å². The van der Waals surface area contributed by atoms with Crippen molar-refractivity contribution in [3.8, 4) is 0 Å². The van der Waals surface area contributed by atoms with E-state index in [1.165, 1.54) is 0 Å². The quantitative estimate of drug-likeness (QED) is 0.777. The van der Waals surface area contributed by atoms with Crippen molar-refractivity contribution in [1.82, 2.24) is 9.80 Å². The molecule has 0 aliphatic carbocycles. The van der Waals surface area contributed by atoms with Gasteiger partial charge in [0.05, 0.1) is 37.9 Å². The molecule has 1 amide bonds. The monoisotopic (exact) mass is 370 g/mol. The first-order chi connectivity index (χ1) is 12.5. The van der Waals surface area contributed by atoms with Crippen LogP contribution in [0.15, 0.2) is 0 Å². The fourth-order valence-electron chi connectivity index (χ4n) is 4.29. The molecule has 0 spiro atoms. The number of fused-ring (bicyclic) bond motifs is 1. The Kier molecular flexibility index (Phi) is 7.28. The third-order valence-corrected chi connectivity index (χ3v) is 5.82. The third kappa shape index (κ3) is 5.39. The summed E-state index contributed by atoms with van der Waals surface area (Å²) < 4.78 is 17.4. The van der Waals surface area contributed by atoms with E-state index in [1.807, 2.05) is 0 Å². The molecule has 0 bridgehead atoms. The maximum Gasteiger partial charge on any atom is 0.224 e. The lowest BCUT2D eigenvalue weighted by Crippen LogP contribution is -2.57. The largest absolute Gasteiger partial charge is 0.389 e. The highest BCUT2D eigenvalue weighted by Gasteiger charge is 2.38. The molecule has 0 aromatic carbocycles. The molecule has 26 heavy (non-hydrogen) atoms. The zero-order chi connectivity index (χ0) is 18.5. The first kappa shape index (κ1) is 20.0. The van der Waals surface area contributed by atoms with Crippen molar-refractivity contribution in [3.63, 3.8) is 0 Å². The number of aliphatic hydroxyl groups is 1. The number of β-amino-alcohol motifs (C(OH)–C–C–N with tert-alkyl or cyclic N) is 1. The molecule has 0 saturated carbocycles. The van der Waals surface area contributed by atoms with Gasteiger partial charge in [-0.15, -0.1) is 0 Å². The Balaban J connectivity index is 1.62. The van der Waals surface area contributed by atoms with Gasteiger partial charge in [-0.25, -0.2) is 0 Å². The van der Waals surface area contributed by atoms with E-state index in [4.69, 9.17) is 14.2 Å². The van der Waals surface area contributed by atoms with E-state index in [1.54, 1.807) is 19.0 Å². The summed E-state index contributed by atoms with van der Waals surface area (Å²) in [5.41, 5.74) is 0. The molecule has 3 heterocycles. The highest BCUT2D eigenvalue weighted by molar-refractivity contribution is 5.76. The van der Waals surface area contributed by atoms with Crippen LogP contribution in [0.25, 0.3) is 0 Å². The van der Waals surface area contributed by atoms with Crippen LogP contribution in [0.5, 0.6) is 0 Å². The van der Waals surface area contributed by atoms with Crippen LogP contribution in [0.2, 0.25) is 0 Å². The van der Waals surface area contributed by atoms with Gasteiger partial charge in [-0.1, -0.05) is 0 Å². The summed E-state index contributed by atoms with van der Waals surface area (Å²) in [6, 6.07) is 0.249. The molecular formula is C19H34N2O5. The molecule has 0 radical (unpaired) electrons. The van der Waals surface area contributed by atoms with Gasteiger partial charge < -0.3 is 24.2 Å². The second-order valence-electron chi connectivity index (χ2n) is 8.13. The molecule has 3 saturated heterocycles. The van der Waals surface area contributed by atoms with Gasteiger partial charge in [-0.3, -0.25) is 9.69 Å². The summed E-state index contributed by atoms with van der Waals surface area (Å²) in [5, 5.41) is 10.3. The summed E-state index contributed by atoms with van der Waals surface area (Å²) in [4.78, 5) is 16.1. The predicted molar refractivity (Wildman–Crippen MR) is 96.9 cm³/mol. The highest BCUT2D eigenvalue weighted by atomic mass is 16.5. The van der Waals surface area contributed by atoms with Gasteiger partial charge in [0.25, 0.3) is 0 Å². The van der Waals surface area contributed by atoms with Crippen LogP contribution < -0.4 is 0 Å². The fourth-order valence-corrected chi connectivity index (χ4v) is 4.29. The minimum Gasteiger partial charge on any atom is -0.389 e. The third-order valence-electron chi connectivity index (χ3n) is 5.82. The van der Waals surface area contributed by atoms with Crippen molar-refractivity contribution in [2.75, 3.05) is 53.6 Å². The normalized spacial score (nSPS) is 34.6. The predicted octanol–water partition coefficient (Wildman–Crippen LogP) is 0.501. The van der Waals surface area contributed by atoms with Crippen LogP contribution in [-0.4, -0.2) is 98.8 Å². The molecule has 3 rings (SSSR count). The SMILES string of the molecule is CN(C)C(=O)C[C@H]1CC[C@H]2[C@@H](COC[C@H](O)CN2CC2CCOCC2)O1. The zero-order valence-corrected chi connectivity index (χ0v) is 16.1. The van der Waals surface area contributed by atoms with E-state index in [9.17, 15) is 9.90 Å². The summed E-state index contributed by atoms with van der Waals surface area (Å²) >= 11 is 0. The lowest BCUT2D eigenvalue weighted by molar-refractivity contribution is -0.161. The average molecular weight is 370 g/mol. The number of hydrogen-bond donors (Lipinski definition) is 1. The number of rotatable bonds is 4. The average Bonchev–Trinajstić information content (AvgIpc) is 2.61. The van der Waals surface area contributed by atoms with Gasteiger partial charge in [0, 0.05) is 46.4 Å². The fraction of sp³-hybridized carbons (Fsp3) is 0.947. The molecular weight excluding hydrogens is 336 g/mol. The molecule has 3 aliphatic heterocycles. The number of ether oxygens (including phenoxy) is 3. The molecule has 0 unspecified atom stereocenters. The molecule has 7 nitrogen and oxygen atoms in total. The number of carbonyl (C=O) groups is 1. The second-order valence-corrected chi connectivity index (χ2v) is 8.13. The maximum absolute atomic E-state index is 12.0. The summed E-state index contributed by atoms with van der Waals surface area (Å²) in [6.45, 7) is 4.11. The lowest BCUT2D eigenvalue weighted by Gasteiger charge is -2.45. The molecule has 3 aliphatic rings. The van der Waals surface area contributed by atoms with Gasteiger partial charge in [-0.05, 0) is 31.6 Å². The zero-order valence-electron chi connectivity index (χ0n) is 16.1. The topological polar surface area (TPSA) is 71.5 Å². The smallest absolute Gasteiger partial charge is 0.224 e. The second kappa shape index (κ2) is 9.46. The minimum absolute atomic E-state index is 0.0314. The Morgan fingerprint density at radius 1 is 1.12 bits per heavy atom. The van der Waals surface area contributed by atoms with Crippen molar-refractivity contribution in [1.29, 1.82) is 0 Å². The van der Waals surface area contributed by atoms with E-state index in [0.717, 1.165) is 45.4 Å². The molecule has 150 valence electrons. The van der Waals surface area contributed by atoms with Gasteiger partial charge in [0.1, 0.15) is 0 Å². The van der Waals surface area contributed by atoms with Crippen LogP contribution in [0.4, 0.5) is 0 Å². The maximum atomic E-state index is 12.0. The lowest BCUT2D eigenvalue weighted by atomic mass is 9.92. The highest BCUT2D eigenvalue weighted by Crippen LogP contribution is 2.29. The Bertz CT molecular complexity index is 455. The minimum atomic E-state index is -0.455. The summed E-state index contributed by atoms with van der Waals surface area (Å²) in [6.07, 6.45) is 3.93. The van der Waals surface area contributed by atoms with Crippen molar-refractivity contribution in [2.24, 2.45) is 5.92 Å². The van der Waals surface area contributed by atoms with Gasteiger partial charge in [0.2, 0.25) is 5.91 Å². The standard InChI is InChI=1S/C19H34N2O5/c1-20(2)19(23)9-16-3-4-17-18(26-16)13-25-12-15(22)11-21(17)10-14-5-7-24-8-6-14/h14-18,22H,3-13H2,1-2H3/t15-,16-,17+,18-/m1/s1. The van der Waals surface area contributed by atoms with Crippen molar-refractivity contribution in [3.05, 3.63) is 0 Å². The number of amides is 1. The van der Waals surface area contributed by atoms with Crippen molar-refractivity contribution < 1.29 is 24.1 Å². The van der Waals surface area contributed by atoms with Crippen LogP contribution in [0, 0.1) is 5.92 Å². The van der Waals surface area contributed by atoms with Crippen LogP contribution in [0.3, 0.4) is 0 Å². The molecule has 7 heteroatoms. The van der Waals surface area contributed by atoms with Crippen molar-refractivity contribution >= 4 is 5.91 Å². The first-order valence-electron chi connectivity index (χ1n) is 9.96. The summed E-state index contributed by atoms with van der Waals surface area (Å²) in [7, 11) is 3.56. The molecule has 0 aromatic heterocycles. The molecule has 3 fully saturated rings. The van der Waals surface area contributed by atoms with Gasteiger partial charge >= 0.3 is 0 Å². The Morgan fingerprint density at radius 2 is 1.88 bits per heavy atom. The van der Waals surface area contributed by atoms with Crippen LogP contribution in [-0.2, 0) is 19.0 Å². The number of hydrogen-bond acceptors (Lipinski definition) is 6. The number of nitrogens with zero attached hydrogens (tertiary/aromatic N) is 2. The van der Waals surface area contributed by atoms with Crippen LogP contribution in [0.1, 0.15) is 32.1 Å². The Morgan fingerprint density at radius 3 is 2.62 bits per heavy atom. The van der Waals surface area contributed by atoms with E-state index in [0.29, 0.717) is 32.1 Å². The van der Waals surface area contributed by atoms with E-state index in [-0.39, 0.29) is 24.2 Å². The molecule has 4 atom stereocenters.